The molecule has 1 aliphatic heterocycles. The maximum absolute atomic E-state index is 12.8. The highest BCUT2D eigenvalue weighted by atomic mass is 32.2. The van der Waals surface area contributed by atoms with Crippen LogP contribution in [0.3, 0.4) is 0 Å². The Hall–Kier alpha value is -2.71. The molecule has 2 N–H and O–H groups in total. The molecule has 0 aromatic heterocycles. The van der Waals surface area contributed by atoms with Crippen molar-refractivity contribution in [1.29, 1.82) is 0 Å². The molecule has 0 radical (unpaired) electrons. The molecular weight excluding hydrogens is 378 g/mol. The number of amides is 2. The Morgan fingerprint density at radius 1 is 1.11 bits per heavy atom. The van der Waals surface area contributed by atoms with Crippen LogP contribution in [0.25, 0.3) is 0 Å². The molecule has 2 amide bonds. The number of carbonyl (C=O) groups is 2. The third-order valence-corrected chi connectivity index (χ3v) is 6.64. The molecule has 0 spiro atoms. The number of fused-ring (bicyclic) bond motifs is 1. The molecule has 1 heterocycles. The number of nitrogens with zero attached hydrogens (tertiary/aromatic N) is 1. The molecular formula is C20H23N3O4S. The molecule has 0 saturated carbocycles. The SMILES string of the molecule is Cc1ccc(NC(=O)CN(C)S(=O)(=O)c2ccc3c(c2)CCC(=O)N3)cc1C. The van der Waals surface area contributed by atoms with Crippen LogP contribution in [0.15, 0.2) is 41.3 Å². The summed E-state index contributed by atoms with van der Waals surface area (Å²) in [6, 6.07) is 10.1. The lowest BCUT2D eigenvalue weighted by atomic mass is 10.0. The van der Waals surface area contributed by atoms with Crippen molar-refractivity contribution in [3.8, 4) is 0 Å². The maximum Gasteiger partial charge on any atom is 0.243 e. The number of benzene rings is 2. The van der Waals surface area contributed by atoms with Gasteiger partial charge in [-0.05, 0) is 67.3 Å². The van der Waals surface area contributed by atoms with Crippen LogP contribution in [0.4, 0.5) is 11.4 Å². The Bertz CT molecular complexity index is 1050. The number of aryl methyl sites for hydroxylation is 3. The van der Waals surface area contributed by atoms with E-state index in [0.717, 1.165) is 21.0 Å². The van der Waals surface area contributed by atoms with Crippen molar-refractivity contribution < 1.29 is 18.0 Å². The summed E-state index contributed by atoms with van der Waals surface area (Å²) in [5, 5.41) is 5.45. The monoisotopic (exact) mass is 401 g/mol. The summed E-state index contributed by atoms with van der Waals surface area (Å²) >= 11 is 0. The van der Waals surface area contributed by atoms with Crippen LogP contribution in [0, 0.1) is 13.8 Å². The first-order chi connectivity index (χ1) is 13.2. The molecule has 0 fully saturated rings. The summed E-state index contributed by atoms with van der Waals surface area (Å²) in [4.78, 5) is 23.8. The molecule has 0 unspecified atom stereocenters. The van der Waals surface area contributed by atoms with E-state index in [-0.39, 0.29) is 17.3 Å². The van der Waals surface area contributed by atoms with Crippen molar-refractivity contribution >= 4 is 33.2 Å². The van der Waals surface area contributed by atoms with Gasteiger partial charge in [-0.15, -0.1) is 0 Å². The van der Waals surface area contributed by atoms with Gasteiger partial charge in [0, 0.05) is 24.8 Å². The van der Waals surface area contributed by atoms with Gasteiger partial charge in [-0.1, -0.05) is 6.07 Å². The number of rotatable bonds is 5. The largest absolute Gasteiger partial charge is 0.326 e. The van der Waals surface area contributed by atoms with Gasteiger partial charge in [0.15, 0.2) is 0 Å². The third kappa shape index (κ3) is 4.23. The molecule has 0 aliphatic carbocycles. The lowest BCUT2D eigenvalue weighted by Crippen LogP contribution is -2.35. The Labute approximate surface area is 164 Å². The average molecular weight is 401 g/mol. The summed E-state index contributed by atoms with van der Waals surface area (Å²) in [7, 11) is -2.46. The lowest BCUT2D eigenvalue weighted by Gasteiger charge is -2.20. The van der Waals surface area contributed by atoms with Gasteiger partial charge < -0.3 is 10.6 Å². The van der Waals surface area contributed by atoms with E-state index in [1.54, 1.807) is 18.2 Å². The average Bonchev–Trinajstić information content (AvgIpc) is 2.64. The zero-order chi connectivity index (χ0) is 20.5. The van der Waals surface area contributed by atoms with E-state index < -0.39 is 15.9 Å². The molecule has 0 atom stereocenters. The van der Waals surface area contributed by atoms with E-state index in [9.17, 15) is 18.0 Å². The van der Waals surface area contributed by atoms with Gasteiger partial charge in [0.05, 0.1) is 11.4 Å². The van der Waals surface area contributed by atoms with Gasteiger partial charge in [0.2, 0.25) is 21.8 Å². The van der Waals surface area contributed by atoms with Gasteiger partial charge in [-0.2, -0.15) is 4.31 Å². The van der Waals surface area contributed by atoms with E-state index in [1.807, 2.05) is 26.0 Å². The summed E-state index contributed by atoms with van der Waals surface area (Å²) in [6.45, 7) is 3.62. The molecule has 148 valence electrons. The second-order valence-corrected chi connectivity index (χ2v) is 9.02. The molecule has 3 rings (SSSR count). The smallest absolute Gasteiger partial charge is 0.243 e. The van der Waals surface area contributed by atoms with Crippen LogP contribution in [-0.2, 0) is 26.0 Å². The van der Waals surface area contributed by atoms with E-state index in [0.29, 0.717) is 24.2 Å². The van der Waals surface area contributed by atoms with E-state index in [2.05, 4.69) is 10.6 Å². The number of nitrogens with one attached hydrogen (secondary N) is 2. The number of sulfonamides is 1. The molecule has 0 saturated heterocycles. The van der Waals surface area contributed by atoms with Crippen molar-refractivity contribution in [3.05, 3.63) is 53.1 Å². The second-order valence-electron chi connectivity index (χ2n) is 6.98. The number of anilines is 2. The van der Waals surface area contributed by atoms with E-state index in [4.69, 9.17) is 0 Å². The quantitative estimate of drug-likeness (QED) is 0.804. The molecule has 2 aromatic carbocycles. The minimum absolute atomic E-state index is 0.0803. The maximum atomic E-state index is 12.8. The number of carbonyl (C=O) groups excluding carboxylic acids is 2. The number of hydrogen-bond acceptors (Lipinski definition) is 4. The molecule has 0 bridgehead atoms. The Balaban J connectivity index is 1.72. The van der Waals surface area contributed by atoms with Gasteiger partial charge in [-0.3, -0.25) is 9.59 Å². The first kappa shape index (κ1) is 20.0. The van der Waals surface area contributed by atoms with Crippen LogP contribution in [-0.4, -0.2) is 38.1 Å². The van der Waals surface area contributed by atoms with Gasteiger partial charge in [-0.25, -0.2) is 8.42 Å². The van der Waals surface area contributed by atoms with Gasteiger partial charge in [0.1, 0.15) is 0 Å². The second kappa shape index (κ2) is 7.73. The van der Waals surface area contributed by atoms with E-state index in [1.165, 1.54) is 13.1 Å². The minimum atomic E-state index is -3.83. The Morgan fingerprint density at radius 3 is 2.57 bits per heavy atom. The lowest BCUT2D eigenvalue weighted by molar-refractivity contribution is -0.117. The molecule has 7 nitrogen and oxygen atoms in total. The van der Waals surface area contributed by atoms with Crippen LogP contribution in [0.2, 0.25) is 0 Å². The van der Waals surface area contributed by atoms with Crippen molar-refractivity contribution in [2.45, 2.75) is 31.6 Å². The van der Waals surface area contributed by atoms with Crippen LogP contribution in [0.1, 0.15) is 23.1 Å². The summed E-state index contributed by atoms with van der Waals surface area (Å²) in [5.74, 6) is -0.497. The van der Waals surface area contributed by atoms with E-state index >= 15 is 0 Å². The highest BCUT2D eigenvalue weighted by Crippen LogP contribution is 2.26. The Morgan fingerprint density at radius 2 is 1.86 bits per heavy atom. The summed E-state index contributed by atoms with van der Waals surface area (Å²) in [5.41, 5.74) is 4.18. The van der Waals surface area contributed by atoms with Crippen LogP contribution >= 0.6 is 0 Å². The first-order valence-electron chi connectivity index (χ1n) is 8.93. The highest BCUT2D eigenvalue weighted by Gasteiger charge is 2.25. The van der Waals surface area contributed by atoms with Gasteiger partial charge >= 0.3 is 0 Å². The zero-order valence-corrected chi connectivity index (χ0v) is 16.9. The predicted molar refractivity (Wildman–Crippen MR) is 108 cm³/mol. The van der Waals surface area contributed by atoms with Gasteiger partial charge in [0.25, 0.3) is 0 Å². The van der Waals surface area contributed by atoms with Crippen molar-refractivity contribution in [3.63, 3.8) is 0 Å². The molecule has 28 heavy (non-hydrogen) atoms. The van der Waals surface area contributed by atoms with Crippen LogP contribution < -0.4 is 10.6 Å². The number of likely N-dealkylation sites (N-methyl/N-ethyl adjacent to an activating group) is 1. The fraction of sp³-hybridized carbons (Fsp3) is 0.300. The minimum Gasteiger partial charge on any atom is -0.326 e. The third-order valence-electron chi connectivity index (χ3n) is 4.84. The molecule has 1 aliphatic rings. The summed E-state index contributed by atoms with van der Waals surface area (Å²) in [6.07, 6.45) is 0.812. The normalized spacial score (nSPS) is 13.8. The van der Waals surface area contributed by atoms with Crippen molar-refractivity contribution in [2.75, 3.05) is 24.2 Å². The molecule has 2 aromatic rings. The Kier molecular flexibility index (Phi) is 5.53. The summed E-state index contributed by atoms with van der Waals surface area (Å²) < 4.78 is 26.7. The fourth-order valence-corrected chi connectivity index (χ4v) is 4.19. The van der Waals surface area contributed by atoms with Crippen molar-refractivity contribution in [2.24, 2.45) is 0 Å². The first-order valence-corrected chi connectivity index (χ1v) is 10.4. The van der Waals surface area contributed by atoms with Crippen molar-refractivity contribution in [1.82, 2.24) is 4.31 Å². The fourth-order valence-electron chi connectivity index (χ4n) is 3.01. The standard InChI is InChI=1S/C20H23N3O4S/c1-13-4-6-16(10-14(13)2)21-20(25)12-23(3)28(26,27)17-7-8-18-15(11-17)5-9-19(24)22-18/h4,6-8,10-11H,5,9,12H2,1-3H3,(H,21,25)(H,22,24). The zero-order valence-electron chi connectivity index (χ0n) is 16.1. The topological polar surface area (TPSA) is 95.6 Å². The number of hydrogen-bond donors (Lipinski definition) is 2. The predicted octanol–water partition coefficient (Wildman–Crippen LogP) is 2.45. The van der Waals surface area contributed by atoms with Crippen LogP contribution in [0.5, 0.6) is 0 Å². The highest BCUT2D eigenvalue weighted by molar-refractivity contribution is 7.89. The molecule has 8 heteroatoms.